The van der Waals surface area contributed by atoms with Gasteiger partial charge in [-0.1, -0.05) is 6.07 Å². The van der Waals surface area contributed by atoms with Crippen LogP contribution < -0.4 is 11.1 Å². The minimum absolute atomic E-state index is 0.154. The quantitative estimate of drug-likeness (QED) is 0.749. The zero-order chi connectivity index (χ0) is 14.6. The molecule has 110 valence electrons. The molecule has 1 aliphatic rings. The van der Waals surface area contributed by atoms with Crippen LogP contribution in [0.5, 0.6) is 0 Å². The molecule has 0 spiro atoms. The molecule has 1 aliphatic heterocycles. The Balaban J connectivity index is 2.07. The molecule has 1 aromatic heterocycles. The SMILES string of the molecule is NC1(C(=O)NC(CC(=O)O)c2cccs2)CCOCC1. The third-order valence-corrected chi connectivity index (χ3v) is 4.39. The molecule has 20 heavy (non-hydrogen) atoms. The fourth-order valence-corrected chi connectivity index (χ4v) is 2.93. The number of rotatable bonds is 5. The average molecular weight is 298 g/mol. The van der Waals surface area contributed by atoms with Crippen LogP contribution in [0.3, 0.4) is 0 Å². The number of nitrogens with two attached hydrogens (primary N) is 1. The van der Waals surface area contributed by atoms with Crippen molar-refractivity contribution in [1.29, 1.82) is 0 Å². The summed E-state index contributed by atoms with van der Waals surface area (Å²) in [5.41, 5.74) is 5.13. The van der Waals surface area contributed by atoms with Gasteiger partial charge >= 0.3 is 5.97 Å². The van der Waals surface area contributed by atoms with Crippen molar-refractivity contribution in [2.45, 2.75) is 30.8 Å². The minimum atomic E-state index is -0.966. The Labute approximate surface area is 120 Å². The van der Waals surface area contributed by atoms with Gasteiger partial charge in [-0.15, -0.1) is 11.3 Å². The zero-order valence-electron chi connectivity index (χ0n) is 11.0. The third-order valence-electron chi connectivity index (χ3n) is 3.41. The summed E-state index contributed by atoms with van der Waals surface area (Å²) in [5, 5.41) is 13.6. The number of aliphatic carboxylic acids is 1. The summed E-state index contributed by atoms with van der Waals surface area (Å²) in [6, 6.07) is 3.10. The van der Waals surface area contributed by atoms with E-state index >= 15 is 0 Å². The Hall–Kier alpha value is -1.44. The highest BCUT2D eigenvalue weighted by molar-refractivity contribution is 7.10. The van der Waals surface area contributed by atoms with Crippen LogP contribution in [0.1, 0.15) is 30.2 Å². The Morgan fingerprint density at radius 2 is 2.20 bits per heavy atom. The number of carbonyl (C=O) groups excluding carboxylic acids is 1. The molecule has 0 radical (unpaired) electrons. The summed E-state index contributed by atoms with van der Waals surface area (Å²) >= 11 is 1.42. The molecule has 1 fully saturated rings. The molecule has 1 aromatic rings. The van der Waals surface area contributed by atoms with E-state index in [4.69, 9.17) is 15.6 Å². The van der Waals surface area contributed by atoms with Crippen molar-refractivity contribution >= 4 is 23.2 Å². The van der Waals surface area contributed by atoms with E-state index in [-0.39, 0.29) is 12.3 Å². The Morgan fingerprint density at radius 3 is 2.75 bits per heavy atom. The molecule has 2 rings (SSSR count). The second kappa shape index (κ2) is 6.34. The van der Waals surface area contributed by atoms with Crippen LogP contribution in [0.25, 0.3) is 0 Å². The van der Waals surface area contributed by atoms with Gasteiger partial charge in [-0.2, -0.15) is 0 Å². The monoisotopic (exact) mass is 298 g/mol. The topological polar surface area (TPSA) is 102 Å². The first-order valence-electron chi connectivity index (χ1n) is 6.44. The lowest BCUT2D eigenvalue weighted by Gasteiger charge is -2.33. The predicted molar refractivity (Wildman–Crippen MR) is 74.4 cm³/mol. The maximum absolute atomic E-state index is 12.3. The lowest BCUT2D eigenvalue weighted by molar-refractivity contribution is -0.138. The highest BCUT2D eigenvalue weighted by Crippen LogP contribution is 2.24. The van der Waals surface area contributed by atoms with Crippen LogP contribution in [-0.4, -0.2) is 35.7 Å². The van der Waals surface area contributed by atoms with E-state index in [0.29, 0.717) is 26.1 Å². The molecule has 1 amide bonds. The number of carboxylic acids is 1. The predicted octanol–water partition coefficient (Wildman–Crippen LogP) is 0.888. The molecule has 6 nitrogen and oxygen atoms in total. The summed E-state index contributed by atoms with van der Waals surface area (Å²) in [7, 11) is 0. The maximum atomic E-state index is 12.3. The zero-order valence-corrected chi connectivity index (χ0v) is 11.8. The first-order chi connectivity index (χ1) is 9.51. The molecule has 1 atom stereocenters. The Morgan fingerprint density at radius 1 is 1.50 bits per heavy atom. The molecular weight excluding hydrogens is 280 g/mol. The van der Waals surface area contributed by atoms with Gasteiger partial charge in [0.15, 0.2) is 0 Å². The molecule has 2 heterocycles. The van der Waals surface area contributed by atoms with Gasteiger partial charge < -0.3 is 20.9 Å². The molecule has 1 saturated heterocycles. The molecule has 0 aromatic carbocycles. The van der Waals surface area contributed by atoms with Crippen molar-refractivity contribution in [1.82, 2.24) is 5.32 Å². The van der Waals surface area contributed by atoms with Gasteiger partial charge in [0.1, 0.15) is 0 Å². The largest absolute Gasteiger partial charge is 0.481 e. The number of hydrogen-bond acceptors (Lipinski definition) is 5. The van der Waals surface area contributed by atoms with E-state index in [0.717, 1.165) is 4.88 Å². The minimum Gasteiger partial charge on any atom is -0.481 e. The van der Waals surface area contributed by atoms with Crippen LogP contribution in [0, 0.1) is 0 Å². The number of carbonyl (C=O) groups is 2. The molecule has 7 heteroatoms. The van der Waals surface area contributed by atoms with E-state index in [1.165, 1.54) is 11.3 Å². The van der Waals surface area contributed by atoms with Crippen molar-refractivity contribution < 1.29 is 19.4 Å². The van der Waals surface area contributed by atoms with Crippen LogP contribution in [0.4, 0.5) is 0 Å². The summed E-state index contributed by atoms with van der Waals surface area (Å²) < 4.78 is 5.20. The Bertz CT molecular complexity index is 469. The van der Waals surface area contributed by atoms with E-state index in [9.17, 15) is 9.59 Å². The van der Waals surface area contributed by atoms with Crippen molar-refractivity contribution in [3.63, 3.8) is 0 Å². The molecule has 0 aliphatic carbocycles. The van der Waals surface area contributed by atoms with Gasteiger partial charge in [0.2, 0.25) is 5.91 Å². The maximum Gasteiger partial charge on any atom is 0.305 e. The molecule has 4 N–H and O–H groups in total. The van der Waals surface area contributed by atoms with Crippen LogP contribution in [-0.2, 0) is 14.3 Å². The van der Waals surface area contributed by atoms with Crippen LogP contribution >= 0.6 is 11.3 Å². The lowest BCUT2D eigenvalue weighted by atomic mass is 9.90. The number of amides is 1. The molecule has 0 bridgehead atoms. The summed E-state index contributed by atoms with van der Waals surface area (Å²) in [6.07, 6.45) is 0.741. The fourth-order valence-electron chi connectivity index (χ4n) is 2.15. The highest BCUT2D eigenvalue weighted by atomic mass is 32.1. The van der Waals surface area contributed by atoms with Gasteiger partial charge in [0.25, 0.3) is 0 Å². The number of nitrogens with one attached hydrogen (secondary N) is 1. The van der Waals surface area contributed by atoms with Crippen molar-refractivity contribution in [2.24, 2.45) is 5.73 Å². The highest BCUT2D eigenvalue weighted by Gasteiger charge is 2.37. The summed E-state index contributed by atoms with van der Waals surface area (Å²) in [4.78, 5) is 24.1. The first kappa shape index (κ1) is 15.0. The standard InChI is InChI=1S/C13H18N2O4S/c14-13(3-5-19-6-4-13)12(18)15-9(8-11(16)17)10-2-1-7-20-10/h1-2,7,9H,3-6,8,14H2,(H,15,18)(H,16,17). The number of thiophene rings is 1. The van der Waals surface area contributed by atoms with E-state index in [2.05, 4.69) is 5.32 Å². The van der Waals surface area contributed by atoms with E-state index in [1.807, 2.05) is 17.5 Å². The van der Waals surface area contributed by atoms with Crippen LogP contribution in [0.2, 0.25) is 0 Å². The second-order valence-corrected chi connectivity index (χ2v) is 5.89. The smallest absolute Gasteiger partial charge is 0.305 e. The van der Waals surface area contributed by atoms with Crippen molar-refractivity contribution in [2.75, 3.05) is 13.2 Å². The van der Waals surface area contributed by atoms with Gasteiger partial charge in [0.05, 0.1) is 18.0 Å². The molecular formula is C13H18N2O4S. The molecule has 0 saturated carbocycles. The number of ether oxygens (including phenoxy) is 1. The van der Waals surface area contributed by atoms with E-state index in [1.54, 1.807) is 0 Å². The Kier molecular flexibility index (Phi) is 4.74. The van der Waals surface area contributed by atoms with Gasteiger partial charge in [-0.3, -0.25) is 9.59 Å². The fraction of sp³-hybridized carbons (Fsp3) is 0.538. The average Bonchev–Trinajstić information content (AvgIpc) is 2.92. The summed E-state index contributed by atoms with van der Waals surface area (Å²) in [5.74, 6) is -1.26. The number of hydrogen-bond donors (Lipinski definition) is 3. The lowest BCUT2D eigenvalue weighted by Crippen LogP contribution is -2.57. The first-order valence-corrected chi connectivity index (χ1v) is 7.32. The van der Waals surface area contributed by atoms with Gasteiger partial charge in [-0.25, -0.2) is 0 Å². The van der Waals surface area contributed by atoms with Gasteiger partial charge in [-0.05, 0) is 24.3 Å². The van der Waals surface area contributed by atoms with Gasteiger partial charge in [0, 0.05) is 18.1 Å². The van der Waals surface area contributed by atoms with Crippen molar-refractivity contribution in [3.8, 4) is 0 Å². The normalized spacial score (nSPS) is 19.2. The van der Waals surface area contributed by atoms with Crippen LogP contribution in [0.15, 0.2) is 17.5 Å². The number of carboxylic acid groups (broad SMARTS) is 1. The van der Waals surface area contributed by atoms with Crippen molar-refractivity contribution in [3.05, 3.63) is 22.4 Å². The molecule has 1 unspecified atom stereocenters. The third kappa shape index (κ3) is 3.56. The van der Waals surface area contributed by atoms with E-state index < -0.39 is 17.6 Å². The summed E-state index contributed by atoms with van der Waals surface area (Å²) in [6.45, 7) is 0.902. The second-order valence-electron chi connectivity index (χ2n) is 4.91.